The van der Waals surface area contributed by atoms with Gasteiger partial charge in [-0.15, -0.1) is 0 Å². The van der Waals surface area contributed by atoms with Crippen molar-refractivity contribution in [2.24, 2.45) is 0 Å². The van der Waals surface area contributed by atoms with Crippen molar-refractivity contribution in [1.29, 1.82) is 0 Å². The van der Waals surface area contributed by atoms with Crippen molar-refractivity contribution in [2.45, 2.75) is 43.9 Å². The molecule has 2 fully saturated rings. The highest BCUT2D eigenvalue weighted by Crippen LogP contribution is 2.33. The van der Waals surface area contributed by atoms with Crippen LogP contribution in [0, 0.1) is 5.82 Å². The third-order valence-electron chi connectivity index (χ3n) is 4.88. The Balaban J connectivity index is 1.44. The maximum absolute atomic E-state index is 13.9. The van der Waals surface area contributed by atoms with E-state index >= 15 is 0 Å². The predicted molar refractivity (Wildman–Crippen MR) is 89.7 cm³/mol. The smallest absolute Gasteiger partial charge is 0.292 e. The first-order valence-electron chi connectivity index (χ1n) is 8.93. The van der Waals surface area contributed by atoms with Crippen LogP contribution in [0.15, 0.2) is 28.8 Å². The largest absolute Gasteiger partial charge is 0.387 e. The Morgan fingerprint density at radius 3 is 2.96 bits per heavy atom. The number of amides is 1. The standard InChI is InChI=1S/C18H21FN4O3/c19-13-5-2-1-4-12(13)15(24)10-23-9-3-6-14(23)18-21-16(22-26-18)17(25)20-11-7-8-11/h1-2,4-5,11,14-15,24H,3,6-10H2,(H,20,25)/t14-,15+/m0/s1. The van der Waals surface area contributed by atoms with Crippen LogP contribution in [0.2, 0.25) is 0 Å². The molecule has 8 heteroatoms. The van der Waals surface area contributed by atoms with Crippen LogP contribution in [0.3, 0.4) is 0 Å². The van der Waals surface area contributed by atoms with Gasteiger partial charge in [0.25, 0.3) is 11.7 Å². The zero-order valence-electron chi connectivity index (χ0n) is 14.3. The number of β-amino-alcohol motifs (C(OH)–C–C–N with tert-alkyl or cyclic N) is 1. The summed E-state index contributed by atoms with van der Waals surface area (Å²) in [6, 6.07) is 6.26. The SMILES string of the molecule is O=C(NC1CC1)c1noc([C@@H]2CCCN2C[C@@H](O)c2ccccc2F)n1. The van der Waals surface area contributed by atoms with Crippen LogP contribution in [0.1, 0.15) is 59.9 Å². The molecule has 1 aliphatic carbocycles. The van der Waals surface area contributed by atoms with E-state index in [0.717, 1.165) is 32.2 Å². The lowest BCUT2D eigenvalue weighted by molar-refractivity contribution is 0.0937. The van der Waals surface area contributed by atoms with Gasteiger partial charge in [0, 0.05) is 18.2 Å². The number of aromatic nitrogens is 2. The van der Waals surface area contributed by atoms with Crippen molar-refractivity contribution in [3.05, 3.63) is 47.4 Å². The third kappa shape index (κ3) is 3.61. The van der Waals surface area contributed by atoms with E-state index in [2.05, 4.69) is 15.5 Å². The Labute approximate surface area is 150 Å². The maximum atomic E-state index is 13.9. The Bertz CT molecular complexity index is 792. The number of aliphatic hydroxyl groups excluding tert-OH is 1. The van der Waals surface area contributed by atoms with Crippen molar-refractivity contribution >= 4 is 5.91 Å². The molecule has 1 amide bonds. The van der Waals surface area contributed by atoms with E-state index in [1.165, 1.54) is 6.07 Å². The molecule has 1 aromatic heterocycles. The van der Waals surface area contributed by atoms with Gasteiger partial charge in [0.1, 0.15) is 5.82 Å². The molecule has 2 N–H and O–H groups in total. The van der Waals surface area contributed by atoms with Crippen molar-refractivity contribution in [1.82, 2.24) is 20.4 Å². The molecule has 2 atom stereocenters. The molecular formula is C18H21FN4O3. The lowest BCUT2D eigenvalue weighted by atomic mass is 10.1. The number of carbonyl (C=O) groups is 1. The molecule has 2 heterocycles. The van der Waals surface area contributed by atoms with Gasteiger partial charge in [-0.25, -0.2) is 4.39 Å². The molecule has 0 spiro atoms. The van der Waals surface area contributed by atoms with Crippen molar-refractivity contribution < 1.29 is 18.8 Å². The van der Waals surface area contributed by atoms with Gasteiger partial charge < -0.3 is 14.9 Å². The summed E-state index contributed by atoms with van der Waals surface area (Å²) < 4.78 is 19.2. The molecule has 0 radical (unpaired) electrons. The Kier molecular flexibility index (Phi) is 4.69. The van der Waals surface area contributed by atoms with Crippen molar-refractivity contribution in [3.8, 4) is 0 Å². The van der Waals surface area contributed by atoms with Crippen LogP contribution in [0.5, 0.6) is 0 Å². The number of nitrogens with zero attached hydrogens (tertiary/aromatic N) is 3. The second kappa shape index (κ2) is 7.13. The molecule has 2 aromatic rings. The minimum absolute atomic E-state index is 0.0356. The summed E-state index contributed by atoms with van der Waals surface area (Å²) in [4.78, 5) is 18.2. The van der Waals surface area contributed by atoms with E-state index in [4.69, 9.17) is 4.52 Å². The molecule has 7 nitrogen and oxygen atoms in total. The molecule has 0 unspecified atom stereocenters. The van der Waals surface area contributed by atoms with Crippen molar-refractivity contribution in [2.75, 3.05) is 13.1 Å². The maximum Gasteiger partial charge on any atom is 0.292 e. The number of likely N-dealkylation sites (tertiary alicyclic amines) is 1. The van der Waals surface area contributed by atoms with Gasteiger partial charge >= 0.3 is 0 Å². The van der Waals surface area contributed by atoms with E-state index in [1.54, 1.807) is 18.2 Å². The average Bonchev–Trinajstić information content (AvgIpc) is 3.11. The summed E-state index contributed by atoms with van der Waals surface area (Å²) >= 11 is 0. The molecular weight excluding hydrogens is 339 g/mol. The summed E-state index contributed by atoms with van der Waals surface area (Å²) in [5, 5.41) is 17.0. The van der Waals surface area contributed by atoms with E-state index in [1.807, 2.05) is 4.90 Å². The lowest BCUT2D eigenvalue weighted by Crippen LogP contribution is -2.29. The molecule has 1 aromatic carbocycles. The Hall–Kier alpha value is -2.32. The monoisotopic (exact) mass is 360 g/mol. The fraction of sp³-hybridized carbons (Fsp3) is 0.500. The van der Waals surface area contributed by atoms with Crippen molar-refractivity contribution in [3.63, 3.8) is 0 Å². The van der Waals surface area contributed by atoms with Gasteiger partial charge in [-0.1, -0.05) is 23.4 Å². The minimum atomic E-state index is -0.947. The highest BCUT2D eigenvalue weighted by atomic mass is 19.1. The highest BCUT2D eigenvalue weighted by Gasteiger charge is 2.34. The van der Waals surface area contributed by atoms with Crippen LogP contribution >= 0.6 is 0 Å². The van der Waals surface area contributed by atoms with Crippen LogP contribution in [0.4, 0.5) is 4.39 Å². The normalized spacial score (nSPS) is 21.7. The van der Waals surface area contributed by atoms with Crippen LogP contribution < -0.4 is 5.32 Å². The molecule has 2 aliphatic rings. The number of hydrogen-bond donors (Lipinski definition) is 2. The second-order valence-corrected chi connectivity index (χ2v) is 6.89. The van der Waals surface area contributed by atoms with Crippen LogP contribution in [-0.2, 0) is 0 Å². The first kappa shape index (κ1) is 17.1. The summed E-state index contributed by atoms with van der Waals surface area (Å²) in [5.74, 6) is -0.344. The van der Waals surface area contributed by atoms with Gasteiger partial charge in [0.15, 0.2) is 0 Å². The average molecular weight is 360 g/mol. The Morgan fingerprint density at radius 2 is 2.19 bits per heavy atom. The van der Waals surface area contributed by atoms with Gasteiger partial charge in [-0.3, -0.25) is 9.69 Å². The zero-order valence-corrected chi connectivity index (χ0v) is 14.3. The van der Waals surface area contributed by atoms with E-state index < -0.39 is 11.9 Å². The van der Waals surface area contributed by atoms with E-state index in [0.29, 0.717) is 5.89 Å². The van der Waals surface area contributed by atoms with Gasteiger partial charge in [-0.05, 0) is 38.3 Å². The van der Waals surface area contributed by atoms with E-state index in [9.17, 15) is 14.3 Å². The third-order valence-corrected chi connectivity index (χ3v) is 4.88. The molecule has 26 heavy (non-hydrogen) atoms. The summed E-state index contributed by atoms with van der Waals surface area (Å²) in [6.45, 7) is 1.000. The van der Waals surface area contributed by atoms with Gasteiger partial charge in [0.05, 0.1) is 12.1 Å². The first-order chi connectivity index (χ1) is 12.6. The van der Waals surface area contributed by atoms with Gasteiger partial charge in [-0.2, -0.15) is 4.98 Å². The van der Waals surface area contributed by atoms with Crippen LogP contribution in [0.25, 0.3) is 0 Å². The summed E-state index contributed by atoms with van der Waals surface area (Å²) in [5.41, 5.74) is 0.271. The topological polar surface area (TPSA) is 91.5 Å². The minimum Gasteiger partial charge on any atom is -0.387 e. The number of carbonyl (C=O) groups excluding carboxylic acids is 1. The quantitative estimate of drug-likeness (QED) is 0.818. The predicted octanol–water partition coefficient (Wildman–Crippen LogP) is 1.97. The Morgan fingerprint density at radius 1 is 1.38 bits per heavy atom. The van der Waals surface area contributed by atoms with Crippen LogP contribution in [-0.4, -0.2) is 45.2 Å². The summed E-state index contributed by atoms with van der Waals surface area (Å²) in [6.07, 6.45) is 2.72. The number of halogens is 1. The first-order valence-corrected chi connectivity index (χ1v) is 8.93. The number of rotatable bonds is 6. The fourth-order valence-electron chi connectivity index (χ4n) is 3.33. The lowest BCUT2D eigenvalue weighted by Gasteiger charge is -2.24. The zero-order chi connectivity index (χ0) is 18.1. The molecule has 1 aliphatic heterocycles. The van der Waals surface area contributed by atoms with E-state index in [-0.39, 0.29) is 35.9 Å². The highest BCUT2D eigenvalue weighted by molar-refractivity contribution is 5.90. The number of benzene rings is 1. The number of hydrogen-bond acceptors (Lipinski definition) is 6. The van der Waals surface area contributed by atoms with Gasteiger partial charge in [0.2, 0.25) is 5.89 Å². The fourth-order valence-corrected chi connectivity index (χ4v) is 3.33. The number of nitrogens with one attached hydrogen (secondary N) is 1. The number of aliphatic hydroxyl groups is 1. The molecule has 1 saturated heterocycles. The molecule has 0 bridgehead atoms. The molecule has 4 rings (SSSR count). The molecule has 138 valence electrons. The summed E-state index contributed by atoms with van der Waals surface area (Å²) in [7, 11) is 0. The molecule has 1 saturated carbocycles. The second-order valence-electron chi connectivity index (χ2n) is 6.89.